The monoisotopic (exact) mass is 666 g/mol. The van der Waals surface area contributed by atoms with Crippen LogP contribution in [0.5, 0.6) is 0 Å². The van der Waals surface area contributed by atoms with Crippen molar-refractivity contribution in [3.63, 3.8) is 0 Å². The van der Waals surface area contributed by atoms with Gasteiger partial charge in [0.2, 0.25) is 0 Å². The maximum atomic E-state index is 13.9. The van der Waals surface area contributed by atoms with Crippen molar-refractivity contribution < 1.29 is 35.9 Å². The Bertz CT molecular complexity index is 1560. The number of tetrazole rings is 1. The molecule has 0 atom stereocenters. The van der Waals surface area contributed by atoms with Gasteiger partial charge in [0.15, 0.2) is 0 Å². The Morgan fingerprint density at radius 1 is 0.979 bits per heavy atom. The molecule has 0 saturated heterocycles. The average molecular weight is 667 g/mol. The largest absolute Gasteiger partial charge is 0.466 e. The number of nitrogens with zero attached hydrogens (tertiary/aromatic N) is 8. The molecule has 3 aromatic rings. The van der Waals surface area contributed by atoms with Gasteiger partial charge in [0.1, 0.15) is 5.82 Å². The molecule has 2 aromatic heterocycles. The number of aromatic nitrogens is 5. The molecule has 0 radical (unpaired) electrons. The van der Waals surface area contributed by atoms with Gasteiger partial charge in [0.05, 0.1) is 36.4 Å². The number of carbonyl (C=O) groups is 1. The molecular weight excluding hydrogens is 630 g/mol. The van der Waals surface area contributed by atoms with Crippen molar-refractivity contribution in [2.45, 2.75) is 71.4 Å². The normalized spacial score (nSPS) is 16.9. The van der Waals surface area contributed by atoms with Crippen molar-refractivity contribution in [2.24, 2.45) is 18.9 Å². The standard InChI is InChI=1S/C31H36F6N8O2/c1-4-44(17-21-8-6-20(7-9-21)13-27(46)47-5-2)28-24(14-26(16-39-28)31(35,36)37)19-45(29-40-42-43(3)41-29)18-23-10-22(15-38)11-25(12-23)30(32,33)34/h10-12,14,16,20-21H,4-9,13,17-19H2,1-3H3/t20-,21-. The van der Waals surface area contributed by atoms with E-state index in [9.17, 15) is 36.4 Å². The smallest absolute Gasteiger partial charge is 0.417 e. The SMILES string of the molecule is CCOC(=O)C[C@H]1CC[C@H](CN(CC)c2ncc(C(F)(F)F)cc2CN(Cc2cc(C#N)cc(C(F)(F)F)c2)c2nnn(C)n2)CC1. The molecule has 1 aliphatic rings. The van der Waals surface area contributed by atoms with Gasteiger partial charge < -0.3 is 14.5 Å². The zero-order valence-electron chi connectivity index (χ0n) is 26.3. The maximum Gasteiger partial charge on any atom is 0.417 e. The van der Waals surface area contributed by atoms with E-state index in [0.29, 0.717) is 31.9 Å². The fraction of sp³-hybridized carbons (Fsp3) is 0.548. The number of ether oxygens (including phenoxy) is 1. The molecule has 16 heteroatoms. The fourth-order valence-corrected chi connectivity index (χ4v) is 5.85. The number of aryl methyl sites for hydroxylation is 1. The quantitative estimate of drug-likeness (QED) is 0.162. The minimum Gasteiger partial charge on any atom is -0.466 e. The van der Waals surface area contributed by atoms with E-state index in [0.717, 1.165) is 54.9 Å². The molecule has 2 heterocycles. The number of alkyl halides is 6. The summed E-state index contributed by atoms with van der Waals surface area (Å²) in [6, 6.07) is 5.60. The van der Waals surface area contributed by atoms with Gasteiger partial charge in [-0.2, -0.15) is 36.4 Å². The van der Waals surface area contributed by atoms with E-state index in [4.69, 9.17) is 4.74 Å². The van der Waals surface area contributed by atoms with E-state index < -0.39 is 23.5 Å². The van der Waals surface area contributed by atoms with Gasteiger partial charge in [0, 0.05) is 44.4 Å². The molecule has 0 unspecified atom stereocenters. The third kappa shape index (κ3) is 9.55. The van der Waals surface area contributed by atoms with Crippen LogP contribution in [-0.2, 0) is 42.0 Å². The first-order valence-electron chi connectivity index (χ1n) is 15.3. The zero-order chi connectivity index (χ0) is 34.4. The fourth-order valence-electron chi connectivity index (χ4n) is 5.85. The molecule has 47 heavy (non-hydrogen) atoms. The second-order valence-corrected chi connectivity index (χ2v) is 11.6. The minimum atomic E-state index is -4.73. The predicted molar refractivity (Wildman–Crippen MR) is 159 cm³/mol. The van der Waals surface area contributed by atoms with E-state index in [-0.39, 0.29) is 53.5 Å². The highest BCUT2D eigenvalue weighted by molar-refractivity contribution is 5.69. The molecule has 254 valence electrons. The molecule has 0 amide bonds. The number of pyridine rings is 1. The van der Waals surface area contributed by atoms with Crippen LogP contribution >= 0.6 is 0 Å². The molecule has 1 aliphatic carbocycles. The van der Waals surface area contributed by atoms with Gasteiger partial charge in [-0.15, -0.1) is 5.10 Å². The molecule has 0 N–H and O–H groups in total. The number of rotatable bonds is 12. The van der Waals surface area contributed by atoms with Crippen LogP contribution < -0.4 is 9.80 Å². The van der Waals surface area contributed by atoms with Crippen LogP contribution in [0.15, 0.2) is 30.5 Å². The van der Waals surface area contributed by atoms with Crippen LogP contribution in [0.25, 0.3) is 0 Å². The Morgan fingerprint density at radius 2 is 1.66 bits per heavy atom. The molecule has 1 fully saturated rings. The number of benzene rings is 1. The van der Waals surface area contributed by atoms with Crippen LogP contribution in [0.1, 0.15) is 73.8 Å². The lowest BCUT2D eigenvalue weighted by Gasteiger charge is -2.34. The van der Waals surface area contributed by atoms with Crippen LogP contribution in [-0.4, -0.2) is 50.9 Å². The van der Waals surface area contributed by atoms with Crippen LogP contribution in [0.4, 0.5) is 38.1 Å². The van der Waals surface area contributed by atoms with Crippen molar-refractivity contribution in [3.8, 4) is 6.07 Å². The van der Waals surface area contributed by atoms with Crippen LogP contribution in [0.2, 0.25) is 0 Å². The topological polar surface area (TPSA) is 113 Å². The molecular formula is C31H36F6N8O2. The van der Waals surface area contributed by atoms with Crippen LogP contribution in [0, 0.1) is 23.2 Å². The Labute approximate surface area is 268 Å². The predicted octanol–water partition coefficient (Wildman–Crippen LogP) is 6.31. The zero-order valence-corrected chi connectivity index (χ0v) is 26.3. The van der Waals surface area contributed by atoms with Gasteiger partial charge in [-0.1, -0.05) is 5.10 Å². The maximum absolute atomic E-state index is 13.9. The van der Waals surface area contributed by atoms with Gasteiger partial charge in [0.25, 0.3) is 5.95 Å². The Hall–Kier alpha value is -4.42. The van der Waals surface area contributed by atoms with Crippen molar-refractivity contribution in [1.82, 2.24) is 25.2 Å². The Balaban J connectivity index is 1.65. The van der Waals surface area contributed by atoms with Gasteiger partial charge in [-0.3, -0.25) is 4.79 Å². The molecule has 0 aliphatic heterocycles. The summed E-state index contributed by atoms with van der Waals surface area (Å²) < 4.78 is 87.7. The van der Waals surface area contributed by atoms with Crippen molar-refractivity contribution in [2.75, 3.05) is 29.5 Å². The number of halogens is 6. The number of anilines is 2. The number of hydrogen-bond acceptors (Lipinski definition) is 9. The third-order valence-corrected chi connectivity index (χ3v) is 8.12. The first-order valence-corrected chi connectivity index (χ1v) is 15.3. The highest BCUT2D eigenvalue weighted by Crippen LogP contribution is 2.36. The molecule has 1 saturated carbocycles. The first-order chi connectivity index (χ1) is 22.2. The second kappa shape index (κ2) is 15.0. The first kappa shape index (κ1) is 35.4. The number of esters is 1. The van der Waals surface area contributed by atoms with Gasteiger partial charge in [-0.25, -0.2) is 4.98 Å². The van der Waals surface area contributed by atoms with Gasteiger partial charge in [-0.05, 0) is 86.4 Å². The van der Waals surface area contributed by atoms with Crippen LogP contribution in [0.3, 0.4) is 0 Å². The summed E-state index contributed by atoms with van der Waals surface area (Å²) in [5.41, 5.74) is -1.99. The summed E-state index contributed by atoms with van der Waals surface area (Å²) in [6.07, 6.45) is -5.01. The molecule has 10 nitrogen and oxygen atoms in total. The summed E-state index contributed by atoms with van der Waals surface area (Å²) in [4.78, 5) is 20.6. The van der Waals surface area contributed by atoms with E-state index in [2.05, 4.69) is 20.4 Å². The van der Waals surface area contributed by atoms with Gasteiger partial charge >= 0.3 is 18.3 Å². The van der Waals surface area contributed by atoms with Crippen molar-refractivity contribution in [3.05, 3.63) is 58.3 Å². The number of carbonyl (C=O) groups excluding carboxylic acids is 1. The summed E-state index contributed by atoms with van der Waals surface area (Å²) in [5, 5.41) is 21.3. The molecule has 4 rings (SSSR count). The number of nitriles is 1. The molecule has 0 spiro atoms. The van der Waals surface area contributed by atoms with E-state index >= 15 is 0 Å². The number of hydrogen-bond donors (Lipinski definition) is 0. The highest BCUT2D eigenvalue weighted by atomic mass is 19.4. The summed E-state index contributed by atoms with van der Waals surface area (Å²) in [6.45, 7) is 4.37. The summed E-state index contributed by atoms with van der Waals surface area (Å²) >= 11 is 0. The molecule has 0 bridgehead atoms. The summed E-state index contributed by atoms with van der Waals surface area (Å²) in [5.74, 6) is 0.462. The minimum absolute atomic E-state index is 0.0326. The Morgan fingerprint density at radius 3 is 2.23 bits per heavy atom. The lowest BCUT2D eigenvalue weighted by Crippen LogP contribution is -2.34. The molecule has 1 aromatic carbocycles. The van der Waals surface area contributed by atoms with E-state index in [1.165, 1.54) is 18.0 Å². The second-order valence-electron chi connectivity index (χ2n) is 11.6. The summed E-state index contributed by atoms with van der Waals surface area (Å²) in [7, 11) is 1.48. The van der Waals surface area contributed by atoms with E-state index in [1.54, 1.807) is 13.0 Å². The van der Waals surface area contributed by atoms with Crippen molar-refractivity contribution in [1.29, 1.82) is 5.26 Å². The third-order valence-electron chi connectivity index (χ3n) is 8.12. The van der Waals surface area contributed by atoms with Crippen molar-refractivity contribution >= 4 is 17.7 Å². The Kier molecular flexibility index (Phi) is 11.3. The lowest BCUT2D eigenvalue weighted by molar-refractivity contribution is -0.144. The van der Waals surface area contributed by atoms with E-state index in [1.807, 2.05) is 11.8 Å². The highest BCUT2D eigenvalue weighted by Gasteiger charge is 2.34. The lowest BCUT2D eigenvalue weighted by atomic mass is 9.80. The average Bonchev–Trinajstić information content (AvgIpc) is 3.45.